The number of amides is 1. The second-order valence-corrected chi connectivity index (χ2v) is 9.93. The summed E-state index contributed by atoms with van der Waals surface area (Å²) < 4.78 is 29.2. The molecule has 4 aromatic rings. The molecule has 8 nitrogen and oxygen atoms in total. The van der Waals surface area contributed by atoms with Gasteiger partial charge in [-0.2, -0.15) is 5.10 Å². The molecule has 0 aliphatic heterocycles. The molecule has 4 rings (SSSR count). The third-order valence-electron chi connectivity index (χ3n) is 5.58. The summed E-state index contributed by atoms with van der Waals surface area (Å²) >= 11 is 0. The van der Waals surface area contributed by atoms with Crippen LogP contribution in [0, 0.1) is 6.92 Å². The van der Waals surface area contributed by atoms with Gasteiger partial charge >= 0.3 is 0 Å². The van der Waals surface area contributed by atoms with Crippen molar-refractivity contribution in [3.05, 3.63) is 102 Å². The molecule has 34 heavy (non-hydrogen) atoms. The van der Waals surface area contributed by atoms with E-state index in [0.29, 0.717) is 5.69 Å². The molecule has 1 amide bonds. The monoisotopic (exact) mass is 475 g/mol. The van der Waals surface area contributed by atoms with E-state index in [1.165, 1.54) is 29.8 Å². The summed E-state index contributed by atoms with van der Waals surface area (Å²) in [6, 6.07) is 20.6. The highest BCUT2D eigenvalue weighted by molar-refractivity contribution is 7.92. The van der Waals surface area contributed by atoms with Gasteiger partial charge in [-0.05, 0) is 61.9 Å². The number of anilines is 1. The lowest BCUT2D eigenvalue weighted by atomic mass is 10.1. The SMILES string of the molecule is Cc1ccc(N(C)S(=O)(=O)c2cccc(C(=O)N[C@H](C)c3ccc(-n4cncn4)cc3)c2)cc1. The van der Waals surface area contributed by atoms with Crippen molar-refractivity contribution >= 4 is 21.6 Å². The molecule has 1 aromatic heterocycles. The largest absolute Gasteiger partial charge is 0.346 e. The van der Waals surface area contributed by atoms with Crippen LogP contribution in [0.15, 0.2) is 90.3 Å². The number of carbonyl (C=O) groups is 1. The molecule has 174 valence electrons. The number of rotatable bonds is 7. The number of aromatic nitrogens is 3. The Morgan fingerprint density at radius 2 is 1.74 bits per heavy atom. The predicted octanol–water partition coefficient (Wildman–Crippen LogP) is 3.89. The third kappa shape index (κ3) is 4.84. The predicted molar refractivity (Wildman–Crippen MR) is 130 cm³/mol. The van der Waals surface area contributed by atoms with Gasteiger partial charge in [0.1, 0.15) is 12.7 Å². The van der Waals surface area contributed by atoms with E-state index in [9.17, 15) is 13.2 Å². The molecule has 0 fully saturated rings. The van der Waals surface area contributed by atoms with Crippen LogP contribution in [0.1, 0.15) is 34.5 Å². The molecule has 0 bridgehead atoms. The Bertz CT molecular complexity index is 1380. The second kappa shape index (κ2) is 9.48. The third-order valence-corrected chi connectivity index (χ3v) is 7.36. The van der Waals surface area contributed by atoms with Gasteiger partial charge in [-0.15, -0.1) is 0 Å². The van der Waals surface area contributed by atoms with E-state index in [1.54, 1.807) is 35.3 Å². The van der Waals surface area contributed by atoms with Crippen LogP contribution in [0.2, 0.25) is 0 Å². The normalized spacial score (nSPS) is 12.2. The van der Waals surface area contributed by atoms with E-state index in [4.69, 9.17) is 0 Å². The lowest BCUT2D eigenvalue weighted by Gasteiger charge is -2.20. The van der Waals surface area contributed by atoms with Crippen LogP contribution >= 0.6 is 0 Å². The van der Waals surface area contributed by atoms with Crippen LogP contribution in [0.3, 0.4) is 0 Å². The first-order valence-electron chi connectivity index (χ1n) is 10.7. The van der Waals surface area contributed by atoms with Gasteiger partial charge in [0, 0.05) is 12.6 Å². The van der Waals surface area contributed by atoms with Crippen molar-refractivity contribution in [2.45, 2.75) is 24.8 Å². The fraction of sp³-hybridized carbons (Fsp3) is 0.160. The lowest BCUT2D eigenvalue weighted by molar-refractivity contribution is 0.0939. The lowest BCUT2D eigenvalue weighted by Crippen LogP contribution is -2.28. The topological polar surface area (TPSA) is 97.2 Å². The number of benzene rings is 3. The summed E-state index contributed by atoms with van der Waals surface area (Å²) in [6.07, 6.45) is 3.07. The molecule has 0 aliphatic rings. The van der Waals surface area contributed by atoms with Gasteiger partial charge in [-0.1, -0.05) is 35.9 Å². The number of aryl methyl sites for hydroxylation is 1. The van der Waals surface area contributed by atoms with E-state index in [0.717, 1.165) is 16.8 Å². The van der Waals surface area contributed by atoms with Gasteiger partial charge in [-0.3, -0.25) is 9.10 Å². The van der Waals surface area contributed by atoms with Gasteiger partial charge in [0.25, 0.3) is 15.9 Å². The highest BCUT2D eigenvalue weighted by atomic mass is 32.2. The van der Waals surface area contributed by atoms with Gasteiger partial charge in [-0.25, -0.2) is 18.1 Å². The maximum Gasteiger partial charge on any atom is 0.264 e. The fourth-order valence-corrected chi connectivity index (χ4v) is 4.71. The van der Waals surface area contributed by atoms with Crippen molar-refractivity contribution < 1.29 is 13.2 Å². The zero-order chi connectivity index (χ0) is 24.3. The quantitative estimate of drug-likeness (QED) is 0.437. The van der Waals surface area contributed by atoms with Gasteiger partial charge in [0.2, 0.25) is 0 Å². The molecule has 9 heteroatoms. The van der Waals surface area contributed by atoms with Crippen molar-refractivity contribution in [1.82, 2.24) is 20.1 Å². The van der Waals surface area contributed by atoms with Crippen LogP contribution < -0.4 is 9.62 Å². The summed E-state index contributed by atoms with van der Waals surface area (Å²) in [5.74, 6) is -0.358. The Morgan fingerprint density at radius 3 is 2.38 bits per heavy atom. The van der Waals surface area contributed by atoms with Crippen molar-refractivity contribution in [2.24, 2.45) is 0 Å². The van der Waals surface area contributed by atoms with E-state index >= 15 is 0 Å². The van der Waals surface area contributed by atoms with Crippen LogP contribution in [-0.2, 0) is 10.0 Å². The van der Waals surface area contributed by atoms with E-state index in [1.807, 2.05) is 50.2 Å². The summed E-state index contributed by atoms with van der Waals surface area (Å²) in [5, 5.41) is 7.03. The van der Waals surface area contributed by atoms with E-state index < -0.39 is 10.0 Å². The van der Waals surface area contributed by atoms with Crippen molar-refractivity contribution in [3.8, 4) is 5.69 Å². The number of carbonyl (C=O) groups excluding carboxylic acids is 1. The Morgan fingerprint density at radius 1 is 1.03 bits per heavy atom. The number of nitrogens with one attached hydrogen (secondary N) is 1. The molecule has 0 saturated heterocycles. The van der Waals surface area contributed by atoms with Crippen LogP contribution in [-0.4, -0.2) is 36.1 Å². The standard InChI is InChI=1S/C25H25N5O3S/c1-18-7-11-22(12-8-18)29(3)34(32,33)24-6-4-5-21(15-24)25(31)28-19(2)20-9-13-23(14-10-20)30-17-26-16-27-30/h4-17,19H,1-3H3,(H,28,31)/t19-/m1/s1. The molecule has 1 heterocycles. The second-order valence-electron chi connectivity index (χ2n) is 7.96. The van der Waals surface area contributed by atoms with Gasteiger partial charge < -0.3 is 5.32 Å². The summed E-state index contributed by atoms with van der Waals surface area (Å²) in [7, 11) is -2.33. The number of hydrogen-bond acceptors (Lipinski definition) is 5. The average Bonchev–Trinajstić information content (AvgIpc) is 3.39. The molecule has 1 N–H and O–H groups in total. The maximum atomic E-state index is 13.1. The van der Waals surface area contributed by atoms with Gasteiger partial charge in [0.15, 0.2) is 0 Å². The number of hydrogen-bond donors (Lipinski definition) is 1. The smallest absolute Gasteiger partial charge is 0.264 e. The number of nitrogens with zero attached hydrogens (tertiary/aromatic N) is 4. The zero-order valence-corrected chi connectivity index (χ0v) is 19.9. The minimum Gasteiger partial charge on any atom is -0.346 e. The van der Waals surface area contributed by atoms with E-state index in [-0.39, 0.29) is 22.4 Å². The minimum absolute atomic E-state index is 0.0491. The summed E-state index contributed by atoms with van der Waals surface area (Å²) in [5.41, 5.74) is 3.61. The first-order valence-corrected chi connectivity index (χ1v) is 12.1. The molecule has 0 saturated carbocycles. The van der Waals surface area contributed by atoms with Crippen molar-refractivity contribution in [1.29, 1.82) is 0 Å². The highest BCUT2D eigenvalue weighted by Gasteiger charge is 2.23. The Labute approximate surface area is 198 Å². The molecule has 0 spiro atoms. The first-order chi connectivity index (χ1) is 16.3. The van der Waals surface area contributed by atoms with Gasteiger partial charge in [0.05, 0.1) is 22.3 Å². The summed E-state index contributed by atoms with van der Waals surface area (Å²) in [6.45, 7) is 3.81. The zero-order valence-electron chi connectivity index (χ0n) is 19.1. The maximum absolute atomic E-state index is 13.1. The molecule has 0 radical (unpaired) electrons. The average molecular weight is 476 g/mol. The Balaban J connectivity index is 1.49. The van der Waals surface area contributed by atoms with Crippen molar-refractivity contribution in [3.63, 3.8) is 0 Å². The molecular formula is C25H25N5O3S. The molecular weight excluding hydrogens is 450 g/mol. The Kier molecular flexibility index (Phi) is 6.47. The van der Waals surface area contributed by atoms with Crippen LogP contribution in [0.5, 0.6) is 0 Å². The molecule has 1 atom stereocenters. The Hall–Kier alpha value is -3.98. The highest BCUT2D eigenvalue weighted by Crippen LogP contribution is 2.23. The minimum atomic E-state index is -3.83. The van der Waals surface area contributed by atoms with E-state index in [2.05, 4.69) is 15.4 Å². The molecule has 0 aliphatic carbocycles. The fourth-order valence-electron chi connectivity index (χ4n) is 3.47. The first kappa shape index (κ1) is 23.2. The van der Waals surface area contributed by atoms with Crippen molar-refractivity contribution in [2.75, 3.05) is 11.4 Å². The number of sulfonamides is 1. The molecule has 3 aromatic carbocycles. The van der Waals surface area contributed by atoms with Crippen LogP contribution in [0.25, 0.3) is 5.69 Å². The summed E-state index contributed by atoms with van der Waals surface area (Å²) in [4.78, 5) is 16.9. The van der Waals surface area contributed by atoms with Crippen LogP contribution in [0.4, 0.5) is 5.69 Å². The molecule has 0 unspecified atom stereocenters.